The molecule has 27 heavy (non-hydrogen) atoms. The van der Waals surface area contributed by atoms with Gasteiger partial charge in [-0.2, -0.15) is 0 Å². The van der Waals surface area contributed by atoms with Crippen molar-refractivity contribution >= 4 is 26.6 Å². The average Bonchev–Trinajstić information content (AvgIpc) is 2.67. The van der Waals surface area contributed by atoms with Crippen LogP contribution in [0.2, 0.25) is 0 Å². The van der Waals surface area contributed by atoms with Gasteiger partial charge in [-0.05, 0) is 47.5 Å². The Labute approximate surface area is 157 Å². The van der Waals surface area contributed by atoms with E-state index in [-0.39, 0.29) is 4.90 Å². The molecular formula is C21H17N3O2S. The van der Waals surface area contributed by atoms with Crippen molar-refractivity contribution < 1.29 is 8.42 Å². The number of nitrogens with two attached hydrogens (primary N) is 1. The maximum atomic E-state index is 11.6. The summed E-state index contributed by atoms with van der Waals surface area (Å²) in [5.74, 6) is 0.440. The van der Waals surface area contributed by atoms with Crippen molar-refractivity contribution in [2.75, 3.05) is 12.0 Å². The third-order valence-corrected chi connectivity index (χ3v) is 5.58. The van der Waals surface area contributed by atoms with E-state index in [0.29, 0.717) is 5.82 Å². The summed E-state index contributed by atoms with van der Waals surface area (Å²) in [6, 6.07) is 18.6. The van der Waals surface area contributed by atoms with Crippen LogP contribution < -0.4 is 5.73 Å². The van der Waals surface area contributed by atoms with Gasteiger partial charge >= 0.3 is 0 Å². The number of benzene rings is 2. The number of fused-ring (bicyclic) bond motifs is 1. The van der Waals surface area contributed by atoms with Gasteiger partial charge in [-0.1, -0.05) is 24.3 Å². The number of rotatable bonds is 3. The number of anilines is 1. The first-order valence-electron chi connectivity index (χ1n) is 8.33. The van der Waals surface area contributed by atoms with Crippen molar-refractivity contribution in [3.63, 3.8) is 0 Å². The molecule has 0 spiro atoms. The quantitative estimate of drug-likeness (QED) is 0.586. The second-order valence-corrected chi connectivity index (χ2v) is 8.38. The first-order chi connectivity index (χ1) is 12.9. The molecule has 0 saturated heterocycles. The molecule has 134 valence electrons. The predicted octanol–water partition coefficient (Wildman–Crippen LogP) is 3.95. The van der Waals surface area contributed by atoms with Gasteiger partial charge in [0.25, 0.3) is 0 Å². The lowest BCUT2D eigenvalue weighted by Gasteiger charge is -2.10. The Hall–Kier alpha value is -3.25. The molecule has 0 radical (unpaired) electrons. The van der Waals surface area contributed by atoms with Crippen molar-refractivity contribution in [3.8, 4) is 22.3 Å². The lowest BCUT2D eigenvalue weighted by atomic mass is 10.00. The first-order valence-corrected chi connectivity index (χ1v) is 10.2. The summed E-state index contributed by atoms with van der Waals surface area (Å²) in [4.78, 5) is 8.95. The van der Waals surface area contributed by atoms with E-state index in [0.717, 1.165) is 33.2 Å². The van der Waals surface area contributed by atoms with Gasteiger partial charge in [0.15, 0.2) is 9.84 Å². The van der Waals surface area contributed by atoms with Crippen LogP contribution in [0.15, 0.2) is 78.0 Å². The van der Waals surface area contributed by atoms with E-state index in [4.69, 9.17) is 5.73 Å². The zero-order chi connectivity index (χ0) is 19.0. The summed E-state index contributed by atoms with van der Waals surface area (Å²) in [6.45, 7) is 0. The monoisotopic (exact) mass is 375 g/mol. The molecule has 0 fully saturated rings. The zero-order valence-corrected chi connectivity index (χ0v) is 15.4. The van der Waals surface area contributed by atoms with E-state index in [1.807, 2.05) is 36.4 Å². The maximum absolute atomic E-state index is 11.6. The molecule has 4 aromatic rings. The SMILES string of the molecule is CS(=O)(=O)c1ccc(-c2cnc(N)c(-c3ccc4ncccc4c3)c2)cc1. The van der Waals surface area contributed by atoms with Crippen LogP contribution in [0.4, 0.5) is 5.82 Å². The molecule has 2 aromatic heterocycles. The second kappa shape index (κ2) is 6.48. The van der Waals surface area contributed by atoms with E-state index < -0.39 is 9.84 Å². The molecule has 0 bridgehead atoms. The van der Waals surface area contributed by atoms with Crippen LogP contribution in [0.25, 0.3) is 33.2 Å². The van der Waals surface area contributed by atoms with Gasteiger partial charge in [-0.3, -0.25) is 4.98 Å². The van der Waals surface area contributed by atoms with E-state index in [1.54, 1.807) is 36.7 Å². The molecule has 0 aliphatic heterocycles. The fraction of sp³-hybridized carbons (Fsp3) is 0.0476. The summed E-state index contributed by atoms with van der Waals surface area (Å²) >= 11 is 0. The number of nitrogen functional groups attached to an aromatic ring is 1. The molecule has 2 heterocycles. The second-order valence-electron chi connectivity index (χ2n) is 6.36. The fourth-order valence-corrected chi connectivity index (χ4v) is 3.63. The van der Waals surface area contributed by atoms with Crippen molar-refractivity contribution in [2.24, 2.45) is 0 Å². The maximum Gasteiger partial charge on any atom is 0.175 e. The zero-order valence-electron chi connectivity index (χ0n) is 14.6. The van der Waals surface area contributed by atoms with Gasteiger partial charge in [0, 0.05) is 35.2 Å². The van der Waals surface area contributed by atoms with Crippen LogP contribution in [0.1, 0.15) is 0 Å². The van der Waals surface area contributed by atoms with Gasteiger partial charge in [0.1, 0.15) is 5.82 Å². The molecule has 5 nitrogen and oxygen atoms in total. The van der Waals surface area contributed by atoms with Crippen LogP contribution in [0.3, 0.4) is 0 Å². The number of pyridine rings is 2. The minimum Gasteiger partial charge on any atom is -0.383 e. The average molecular weight is 375 g/mol. The van der Waals surface area contributed by atoms with Crippen LogP contribution in [0.5, 0.6) is 0 Å². The molecule has 0 aliphatic carbocycles. The molecule has 0 aliphatic rings. The highest BCUT2D eigenvalue weighted by atomic mass is 32.2. The number of hydrogen-bond donors (Lipinski definition) is 1. The van der Waals surface area contributed by atoms with Gasteiger partial charge in [-0.15, -0.1) is 0 Å². The minimum absolute atomic E-state index is 0.289. The number of sulfone groups is 1. The van der Waals surface area contributed by atoms with E-state index >= 15 is 0 Å². The molecule has 0 atom stereocenters. The largest absolute Gasteiger partial charge is 0.383 e. The van der Waals surface area contributed by atoms with Crippen LogP contribution >= 0.6 is 0 Å². The Balaban J connectivity index is 1.79. The van der Waals surface area contributed by atoms with Crippen LogP contribution in [-0.2, 0) is 9.84 Å². The highest BCUT2D eigenvalue weighted by Gasteiger charge is 2.10. The Morgan fingerprint density at radius 1 is 0.852 bits per heavy atom. The fourth-order valence-electron chi connectivity index (χ4n) is 3.00. The summed E-state index contributed by atoms with van der Waals surface area (Å²) in [6.07, 6.45) is 4.65. The van der Waals surface area contributed by atoms with Crippen molar-refractivity contribution in [1.82, 2.24) is 9.97 Å². The Morgan fingerprint density at radius 2 is 1.59 bits per heavy atom. The predicted molar refractivity (Wildman–Crippen MR) is 108 cm³/mol. The number of aromatic nitrogens is 2. The van der Waals surface area contributed by atoms with E-state index in [1.165, 1.54) is 6.26 Å². The van der Waals surface area contributed by atoms with Crippen molar-refractivity contribution in [1.29, 1.82) is 0 Å². The van der Waals surface area contributed by atoms with Gasteiger partial charge in [0.05, 0.1) is 10.4 Å². The molecule has 6 heteroatoms. The van der Waals surface area contributed by atoms with E-state index in [9.17, 15) is 8.42 Å². The standard InChI is InChI=1S/C21H17N3O2S/c1-27(25,26)18-7-4-14(5-8-18)17-12-19(21(22)24-13-17)15-6-9-20-16(11-15)3-2-10-23-20/h2-13H,1H3,(H2,22,24). The lowest BCUT2D eigenvalue weighted by molar-refractivity contribution is 0.602. The summed E-state index contributed by atoms with van der Waals surface area (Å²) in [7, 11) is -3.22. The Bertz CT molecular complexity index is 1250. The third-order valence-electron chi connectivity index (χ3n) is 4.45. The van der Waals surface area contributed by atoms with Gasteiger partial charge in [0.2, 0.25) is 0 Å². The third kappa shape index (κ3) is 3.39. The Morgan fingerprint density at radius 3 is 2.33 bits per heavy atom. The smallest absolute Gasteiger partial charge is 0.175 e. The highest BCUT2D eigenvalue weighted by Crippen LogP contribution is 2.31. The highest BCUT2D eigenvalue weighted by molar-refractivity contribution is 7.90. The molecule has 4 rings (SSSR count). The number of hydrogen-bond acceptors (Lipinski definition) is 5. The molecule has 2 aromatic carbocycles. The molecular weight excluding hydrogens is 358 g/mol. The topological polar surface area (TPSA) is 85.9 Å². The van der Waals surface area contributed by atoms with Crippen molar-refractivity contribution in [3.05, 3.63) is 73.1 Å². The summed E-state index contributed by atoms with van der Waals surface area (Å²) in [5, 5.41) is 1.03. The normalized spacial score (nSPS) is 11.6. The molecule has 0 unspecified atom stereocenters. The minimum atomic E-state index is -3.22. The van der Waals surface area contributed by atoms with Gasteiger partial charge in [-0.25, -0.2) is 13.4 Å². The molecule has 2 N–H and O–H groups in total. The Kier molecular flexibility index (Phi) is 4.12. The van der Waals surface area contributed by atoms with Crippen LogP contribution in [0, 0.1) is 0 Å². The summed E-state index contributed by atoms with van der Waals surface area (Å²) < 4.78 is 23.3. The number of nitrogens with zero attached hydrogens (tertiary/aromatic N) is 2. The van der Waals surface area contributed by atoms with Gasteiger partial charge < -0.3 is 5.73 Å². The van der Waals surface area contributed by atoms with Crippen molar-refractivity contribution in [2.45, 2.75) is 4.90 Å². The first kappa shape index (κ1) is 17.2. The van der Waals surface area contributed by atoms with Crippen LogP contribution in [-0.4, -0.2) is 24.6 Å². The molecule has 0 amide bonds. The van der Waals surface area contributed by atoms with E-state index in [2.05, 4.69) is 9.97 Å². The summed E-state index contributed by atoms with van der Waals surface area (Å²) in [5.41, 5.74) is 10.6. The lowest BCUT2D eigenvalue weighted by Crippen LogP contribution is -1.97. The molecule has 0 saturated carbocycles.